The molecule has 0 spiro atoms. The molecular weight excluding hydrogens is 162 g/mol. The fraction of sp³-hybridized carbons (Fsp3) is 0.143. The summed E-state index contributed by atoms with van der Waals surface area (Å²) >= 11 is 0. The second kappa shape index (κ2) is 3.56. The molecule has 64 valence electrons. The van der Waals surface area contributed by atoms with Crippen LogP contribution in [0.1, 0.15) is 4.11 Å². The van der Waals surface area contributed by atoms with E-state index in [1.165, 1.54) is 6.07 Å². The van der Waals surface area contributed by atoms with Crippen molar-refractivity contribution in [1.82, 2.24) is 0 Å². The van der Waals surface area contributed by atoms with Gasteiger partial charge >= 0.3 is 7.12 Å². The van der Waals surface area contributed by atoms with Crippen molar-refractivity contribution >= 4 is 12.6 Å². The zero-order chi connectivity index (χ0) is 11.6. The second-order valence-corrected chi connectivity index (χ2v) is 2.13. The van der Waals surface area contributed by atoms with Crippen LogP contribution in [0.4, 0.5) is 4.39 Å². The first kappa shape index (κ1) is 5.56. The molecule has 0 heterocycles. The van der Waals surface area contributed by atoms with Gasteiger partial charge in [-0.25, -0.2) is 4.39 Å². The Morgan fingerprint density at radius 2 is 2.33 bits per heavy atom. The van der Waals surface area contributed by atoms with E-state index in [0.29, 0.717) is 0 Å². The summed E-state index contributed by atoms with van der Waals surface area (Å²) in [6.07, 6.45) is 0. The molecule has 0 aromatic heterocycles. The van der Waals surface area contributed by atoms with E-state index in [0.717, 1.165) is 12.1 Å². The molecule has 1 aromatic carbocycles. The summed E-state index contributed by atoms with van der Waals surface area (Å²) in [7, 11) is -4.89. The maximum absolute atomic E-state index is 13.1. The van der Waals surface area contributed by atoms with Gasteiger partial charge < -0.3 is 14.8 Å². The van der Waals surface area contributed by atoms with Gasteiger partial charge in [-0.15, -0.1) is 0 Å². The van der Waals surface area contributed by atoms with E-state index in [1.54, 1.807) is 0 Å². The second-order valence-electron chi connectivity index (χ2n) is 2.13. The highest BCUT2D eigenvalue weighted by Gasteiger charge is 2.21. The average molecular weight is 173 g/mol. The molecule has 0 aliphatic rings. The lowest BCUT2D eigenvalue weighted by atomic mass is 9.79. The van der Waals surface area contributed by atoms with Gasteiger partial charge in [0.15, 0.2) is 0 Å². The first-order valence-electron chi connectivity index (χ1n) is 4.65. The zero-order valence-corrected chi connectivity index (χ0v) is 5.99. The number of ether oxygens (including phenoxy) is 1. The molecule has 0 saturated carbocycles. The van der Waals surface area contributed by atoms with Crippen LogP contribution < -0.4 is 10.2 Å². The third-order valence-corrected chi connectivity index (χ3v) is 1.38. The quantitative estimate of drug-likeness (QED) is 0.593. The number of hydrogen-bond acceptors (Lipinski definition) is 3. The molecule has 0 aliphatic carbocycles. The molecule has 1 aromatic rings. The van der Waals surface area contributed by atoms with E-state index in [9.17, 15) is 4.39 Å². The number of benzene rings is 1. The Morgan fingerprint density at radius 1 is 1.58 bits per heavy atom. The number of halogens is 1. The van der Waals surface area contributed by atoms with Crippen LogP contribution in [0.2, 0.25) is 0 Å². The summed E-state index contributed by atoms with van der Waals surface area (Å²) in [6.45, 7) is 0. The largest absolute Gasteiger partial charge is 0.497 e. The highest BCUT2D eigenvalue weighted by Crippen LogP contribution is 2.08. The molecule has 3 nitrogen and oxygen atoms in total. The first-order chi connectivity index (χ1) is 6.81. The van der Waals surface area contributed by atoms with Crippen LogP contribution in [0.5, 0.6) is 5.75 Å². The van der Waals surface area contributed by atoms with Crippen LogP contribution in [0.25, 0.3) is 0 Å². The van der Waals surface area contributed by atoms with E-state index < -0.39 is 31.2 Å². The number of methoxy groups -OCH3 is 1. The smallest absolute Gasteiger partial charge is 0.495 e. The summed E-state index contributed by atoms with van der Waals surface area (Å²) in [5.74, 6) is -1.35. The van der Waals surface area contributed by atoms with Gasteiger partial charge in [-0.2, -0.15) is 0 Å². The molecule has 0 aliphatic heterocycles. The lowest BCUT2D eigenvalue weighted by Crippen LogP contribution is -2.33. The van der Waals surface area contributed by atoms with Gasteiger partial charge in [0.1, 0.15) is 11.6 Å². The molecule has 5 heteroatoms. The molecule has 0 saturated heterocycles. The third kappa shape index (κ3) is 1.57. The van der Waals surface area contributed by atoms with Crippen LogP contribution >= 0.6 is 0 Å². The highest BCUT2D eigenvalue weighted by atomic mass is 19.1. The van der Waals surface area contributed by atoms with Crippen molar-refractivity contribution in [2.75, 3.05) is 7.04 Å². The van der Waals surface area contributed by atoms with Crippen molar-refractivity contribution < 1.29 is 23.3 Å². The monoisotopic (exact) mass is 173 g/mol. The molecule has 12 heavy (non-hydrogen) atoms. The van der Waals surface area contributed by atoms with Crippen molar-refractivity contribution in [3.05, 3.63) is 24.0 Å². The third-order valence-electron chi connectivity index (χ3n) is 1.38. The van der Waals surface area contributed by atoms with Gasteiger partial charge in [-0.05, 0) is 12.1 Å². The van der Waals surface area contributed by atoms with E-state index in [2.05, 4.69) is 4.74 Å². The van der Waals surface area contributed by atoms with E-state index in [-0.39, 0.29) is 0 Å². The molecule has 1 rings (SSSR count). The average Bonchev–Trinajstić information content (AvgIpc) is 1.99. The molecule has 0 amide bonds. The van der Waals surface area contributed by atoms with Crippen molar-refractivity contribution in [1.29, 1.82) is 0 Å². The van der Waals surface area contributed by atoms with Gasteiger partial charge in [0, 0.05) is 0 Å². The molecule has 0 radical (unpaired) electrons. The molecular formula is C7H8BFO3. The van der Waals surface area contributed by atoms with Crippen molar-refractivity contribution in [2.24, 2.45) is 0 Å². The van der Waals surface area contributed by atoms with Crippen molar-refractivity contribution in [3.8, 4) is 5.75 Å². The Labute approximate surface area is 73.8 Å². The minimum absolute atomic E-state index is 0.412. The van der Waals surface area contributed by atoms with E-state index >= 15 is 0 Å². The fourth-order valence-corrected chi connectivity index (χ4v) is 0.857. The number of hydrogen-bond donors (Lipinski definition) is 2. The highest BCUT2D eigenvalue weighted by molar-refractivity contribution is 6.59. The minimum atomic E-state index is -2.77. The van der Waals surface area contributed by atoms with Crippen LogP contribution in [0.3, 0.4) is 0 Å². The molecule has 0 unspecified atom stereocenters. The Kier molecular flexibility index (Phi) is 1.65. The lowest BCUT2D eigenvalue weighted by Gasteiger charge is -2.07. The lowest BCUT2D eigenvalue weighted by molar-refractivity contribution is 0.399. The standard InChI is InChI=1S/C7H8BFO3/c1-12-6-4-2-3-5(9)7(6)8(10)11/h2-4,10-11H,1H3/i1D3. The van der Waals surface area contributed by atoms with E-state index in [1.807, 2.05) is 0 Å². The van der Waals surface area contributed by atoms with Crippen LogP contribution in [-0.4, -0.2) is 24.2 Å². The first-order valence-corrected chi connectivity index (χ1v) is 3.15. The summed E-state index contributed by atoms with van der Waals surface area (Å²) < 4.78 is 37.9. The van der Waals surface area contributed by atoms with Gasteiger partial charge in [0.2, 0.25) is 0 Å². The van der Waals surface area contributed by atoms with Gasteiger partial charge in [-0.3, -0.25) is 0 Å². The van der Waals surface area contributed by atoms with E-state index in [4.69, 9.17) is 14.2 Å². The number of rotatable bonds is 2. The maximum Gasteiger partial charge on any atom is 0.495 e. The Hall–Kier alpha value is -1.07. The van der Waals surface area contributed by atoms with Crippen molar-refractivity contribution in [3.63, 3.8) is 0 Å². The Morgan fingerprint density at radius 3 is 2.92 bits per heavy atom. The predicted molar refractivity (Wildman–Crippen MR) is 42.8 cm³/mol. The normalized spacial score (nSPS) is 14.4. The fourth-order valence-electron chi connectivity index (χ4n) is 0.857. The van der Waals surface area contributed by atoms with Crippen molar-refractivity contribution in [2.45, 2.75) is 0 Å². The molecule has 2 N–H and O–H groups in total. The molecule has 0 bridgehead atoms. The summed E-state index contributed by atoms with van der Waals surface area (Å²) in [5, 5.41) is 17.7. The van der Waals surface area contributed by atoms with Gasteiger partial charge in [-0.1, -0.05) is 6.07 Å². The Balaban J connectivity index is 3.12. The molecule has 0 fully saturated rings. The minimum Gasteiger partial charge on any atom is -0.497 e. The summed E-state index contributed by atoms with van der Waals surface area (Å²) in [6, 6.07) is 3.33. The summed E-state index contributed by atoms with van der Waals surface area (Å²) in [5.41, 5.74) is -0.589. The molecule has 0 atom stereocenters. The topological polar surface area (TPSA) is 49.7 Å². The van der Waals surface area contributed by atoms with Gasteiger partial charge in [0.05, 0.1) is 16.6 Å². The zero-order valence-electron chi connectivity index (χ0n) is 8.99. The van der Waals surface area contributed by atoms with Crippen LogP contribution in [0, 0.1) is 5.82 Å². The van der Waals surface area contributed by atoms with Crippen LogP contribution in [0.15, 0.2) is 18.2 Å². The maximum atomic E-state index is 13.1. The van der Waals surface area contributed by atoms with Crippen LogP contribution in [-0.2, 0) is 0 Å². The summed E-state index contributed by atoms with van der Waals surface area (Å²) in [4.78, 5) is 0. The predicted octanol–water partition coefficient (Wildman–Crippen LogP) is -0.486. The van der Waals surface area contributed by atoms with Gasteiger partial charge in [0.25, 0.3) is 0 Å². The Bertz CT molecular complexity index is 356. The SMILES string of the molecule is [2H]C([2H])([2H])Oc1cccc(F)c1B(O)O.